The first-order valence-electron chi connectivity index (χ1n) is 20.0. The summed E-state index contributed by atoms with van der Waals surface area (Å²) in [5.74, 6) is 0. The van der Waals surface area contributed by atoms with E-state index in [0.717, 1.165) is 70.3 Å². The van der Waals surface area contributed by atoms with E-state index in [1.54, 1.807) is 0 Å². The summed E-state index contributed by atoms with van der Waals surface area (Å²) in [6.45, 7) is 19.1. The maximum Gasteiger partial charge on any atom is 0.478 e. The number of hydrogen-bond acceptors (Lipinski definition) is 12. The molecule has 6 fully saturated rings. The Hall–Kier alpha value is 2.34. The highest BCUT2D eigenvalue weighted by Gasteiger charge is 2.82. The van der Waals surface area contributed by atoms with Gasteiger partial charge in [-0.15, -0.1) is 33.2 Å². The predicted octanol–water partition coefficient (Wildman–Crippen LogP) is 10.5. The van der Waals surface area contributed by atoms with Gasteiger partial charge in [0.25, 0.3) is 0 Å². The van der Waals surface area contributed by atoms with Crippen LogP contribution in [0.15, 0.2) is 0 Å². The molecule has 0 unspecified atom stereocenters. The lowest BCUT2D eigenvalue weighted by Gasteiger charge is -2.63. The fourth-order valence-corrected chi connectivity index (χ4v) is 59.8. The molecule has 0 radical (unpaired) electrons. The Morgan fingerprint density at radius 2 is 0.442 bits per heavy atom. The highest BCUT2D eigenvalue weighted by atomic mass is 35.8. The van der Waals surface area contributed by atoms with Crippen molar-refractivity contribution in [2.75, 3.05) is 0 Å². The molecule has 0 spiro atoms. The zero-order valence-electron chi connectivity index (χ0n) is 33.0. The number of rotatable bonds is 19. The molecule has 0 aromatic rings. The van der Waals surface area contributed by atoms with Crippen LogP contribution in [-0.4, -0.2) is 76.4 Å². The van der Waals surface area contributed by atoms with Gasteiger partial charge in [0.05, 0.1) is 0 Å². The molecule has 12 nitrogen and oxygen atoms in total. The molecular formula is C28H65Cl3O12Si9. The van der Waals surface area contributed by atoms with E-state index in [-0.39, 0.29) is 0 Å². The topological polar surface area (TPSA) is 111 Å². The minimum absolute atomic E-state index is 0.554. The first kappa shape index (κ1) is 47.0. The summed E-state index contributed by atoms with van der Waals surface area (Å²) in [7, 11) is -29.1. The van der Waals surface area contributed by atoms with E-state index in [2.05, 4.69) is 62.3 Å². The van der Waals surface area contributed by atoms with E-state index >= 15 is 0 Å². The first-order chi connectivity index (χ1) is 24.5. The van der Waals surface area contributed by atoms with Crippen LogP contribution < -0.4 is 0 Å². The minimum atomic E-state index is -3.64. The molecular weight excluding hydrogens is 887 g/mol. The van der Waals surface area contributed by atoms with Crippen LogP contribution in [0.5, 0.6) is 0 Å². The molecule has 6 aliphatic heterocycles. The van der Waals surface area contributed by atoms with Gasteiger partial charge in [0.1, 0.15) is 0 Å². The smallest absolute Gasteiger partial charge is 0.373 e. The molecule has 6 saturated heterocycles. The van der Waals surface area contributed by atoms with Crippen molar-refractivity contribution in [1.29, 1.82) is 0 Å². The van der Waals surface area contributed by atoms with Crippen molar-refractivity contribution in [3.63, 3.8) is 0 Å². The molecule has 8 bridgehead atoms. The Labute approximate surface area is 337 Å². The summed E-state index contributed by atoms with van der Waals surface area (Å²) in [6.07, 6.45) is 8.37. The zero-order chi connectivity index (χ0) is 38.4. The Morgan fingerprint density at radius 1 is 0.288 bits per heavy atom. The maximum absolute atomic E-state index is 7.42. The summed E-state index contributed by atoms with van der Waals surface area (Å²) in [4.78, 5) is 0. The van der Waals surface area contributed by atoms with Crippen molar-refractivity contribution in [3.8, 4) is 0 Å². The van der Waals surface area contributed by atoms with Crippen LogP contribution >= 0.6 is 33.2 Å². The highest BCUT2D eigenvalue weighted by Crippen LogP contribution is 2.54. The molecule has 0 atom stereocenters. The van der Waals surface area contributed by atoms with Gasteiger partial charge < -0.3 is 49.4 Å². The molecule has 0 saturated carbocycles. The zero-order valence-corrected chi connectivity index (χ0v) is 44.2. The largest absolute Gasteiger partial charge is 0.478 e. The van der Waals surface area contributed by atoms with Gasteiger partial charge in [-0.05, 0) is 6.04 Å². The maximum atomic E-state index is 7.42. The van der Waals surface area contributed by atoms with Gasteiger partial charge >= 0.3 is 76.4 Å². The van der Waals surface area contributed by atoms with Crippen molar-refractivity contribution in [1.82, 2.24) is 0 Å². The molecule has 6 rings (SSSR count). The molecule has 0 aliphatic carbocycles. The third-order valence-corrected chi connectivity index (χ3v) is 50.4. The van der Waals surface area contributed by atoms with Gasteiger partial charge in [-0.25, -0.2) is 0 Å². The van der Waals surface area contributed by atoms with E-state index < -0.39 is 76.4 Å². The fraction of sp³-hybridized carbons (Fsp3) is 1.00. The van der Waals surface area contributed by atoms with E-state index in [1.807, 2.05) is 0 Å². The Balaban J connectivity index is 0.000000677. The third-order valence-electron chi connectivity index (χ3n) is 9.00. The summed E-state index contributed by atoms with van der Waals surface area (Å²) in [6, 6.07) is 2.97. The Kier molecular flexibility index (Phi) is 17.3. The van der Waals surface area contributed by atoms with Crippen molar-refractivity contribution >= 4 is 110 Å². The van der Waals surface area contributed by atoms with Gasteiger partial charge in [-0.3, -0.25) is 0 Å². The summed E-state index contributed by atoms with van der Waals surface area (Å²) in [5.41, 5.74) is 0. The Bertz CT molecular complexity index is 855. The van der Waals surface area contributed by atoms with Crippen LogP contribution in [0.2, 0.25) is 54.4 Å². The average molecular weight is 953 g/mol. The minimum Gasteiger partial charge on any atom is -0.373 e. The summed E-state index contributed by atoms with van der Waals surface area (Å²) in [5, 5.41) is 0. The van der Waals surface area contributed by atoms with Gasteiger partial charge in [0.15, 0.2) is 0 Å². The standard InChI is InChI=1S/C24H56O12Si8.C4H9Cl3Si/c1-9-17-37-25-38(18-10-2)28-41(21-13-5)30-39(26-37,19-11-3)32-43(23-15-7)33-40(27-37,20-12-4)31-42(29-38,22-14-6)35-44(34-41,36-43)24-16-8;1-2-3-4-8(5,6)7/h9-24H2,1-8H3;2-4H2,1H3. The highest BCUT2D eigenvalue weighted by molar-refractivity contribution is 7.64. The molecule has 6 aliphatic rings. The van der Waals surface area contributed by atoms with Crippen molar-refractivity contribution in [3.05, 3.63) is 0 Å². The van der Waals surface area contributed by atoms with Gasteiger partial charge in [-0.1, -0.05) is 127 Å². The van der Waals surface area contributed by atoms with Crippen LogP contribution in [0.25, 0.3) is 0 Å². The van der Waals surface area contributed by atoms with Crippen LogP contribution in [0.4, 0.5) is 0 Å². The van der Waals surface area contributed by atoms with E-state index in [4.69, 9.17) is 82.6 Å². The monoisotopic (exact) mass is 950 g/mol. The Morgan fingerprint density at radius 3 is 0.519 bits per heavy atom. The lowest BCUT2D eigenvalue weighted by molar-refractivity contribution is -0.0305. The number of unbranched alkanes of at least 4 members (excludes halogenated alkanes) is 1. The molecule has 24 heteroatoms. The number of hydrogen-bond donors (Lipinski definition) is 0. The van der Waals surface area contributed by atoms with Crippen LogP contribution in [0.3, 0.4) is 0 Å². The second-order valence-electron chi connectivity index (χ2n) is 14.4. The fourth-order valence-electron chi connectivity index (χ4n) is 7.39. The van der Waals surface area contributed by atoms with Gasteiger partial charge in [0.2, 0.25) is 0 Å². The van der Waals surface area contributed by atoms with Gasteiger partial charge in [-0.2, -0.15) is 0 Å². The van der Waals surface area contributed by atoms with Crippen molar-refractivity contribution in [2.45, 2.75) is 181 Å². The van der Waals surface area contributed by atoms with E-state index in [1.165, 1.54) is 0 Å². The molecule has 0 aromatic heterocycles. The molecule has 0 aromatic carbocycles. The third kappa shape index (κ3) is 11.1. The van der Waals surface area contributed by atoms with Crippen molar-refractivity contribution in [2.24, 2.45) is 0 Å². The SMILES string of the molecule is CCCC[Si](Cl)(Cl)Cl.CCC[Si]12O[Si]3(CCC)O[Si]4(CCC)O[Si](CCC)(O1)O[Si]1(CCC)O[Si](CCC)(O2)O[Si](CCC)(O3)O[Si](CCC)(O4)O1. The molecule has 0 amide bonds. The van der Waals surface area contributed by atoms with Gasteiger partial charge in [0, 0.05) is 48.4 Å². The molecule has 52 heavy (non-hydrogen) atoms. The summed E-state index contributed by atoms with van der Waals surface area (Å²) >= 11 is 16.7. The average Bonchev–Trinajstić information content (AvgIpc) is 2.97. The summed E-state index contributed by atoms with van der Waals surface area (Å²) < 4.78 is 89.0. The molecule has 6 heterocycles. The normalized spacial score (nSPS) is 41.1. The van der Waals surface area contributed by atoms with Crippen LogP contribution in [-0.2, 0) is 49.4 Å². The van der Waals surface area contributed by atoms with Crippen molar-refractivity contribution < 1.29 is 49.4 Å². The first-order valence-corrected chi connectivity index (χ1v) is 40.7. The lowest BCUT2D eigenvalue weighted by Crippen LogP contribution is -2.88. The lowest BCUT2D eigenvalue weighted by atomic mass is 10.4. The van der Waals surface area contributed by atoms with Crippen LogP contribution in [0, 0.1) is 0 Å². The van der Waals surface area contributed by atoms with Crippen LogP contribution in [0.1, 0.15) is 127 Å². The van der Waals surface area contributed by atoms with E-state index in [9.17, 15) is 0 Å². The quantitative estimate of drug-likeness (QED) is 0.0908. The predicted molar refractivity (Wildman–Crippen MR) is 223 cm³/mol. The second kappa shape index (κ2) is 19.2. The second-order valence-corrected chi connectivity index (χ2v) is 48.4. The number of halogens is 3. The molecule has 306 valence electrons. The molecule has 0 N–H and O–H groups in total. The van der Waals surface area contributed by atoms with E-state index in [0.29, 0.717) is 48.4 Å².